The fourth-order valence-electron chi connectivity index (χ4n) is 1.83. The molecule has 1 saturated heterocycles. The van der Waals surface area contributed by atoms with E-state index < -0.39 is 0 Å². The number of anilines is 1. The van der Waals surface area contributed by atoms with Crippen LogP contribution in [0.5, 0.6) is 0 Å². The lowest BCUT2D eigenvalue weighted by Gasteiger charge is -2.20. The molecular weight excluding hydrogens is 402 g/mol. The number of carbonyl (C=O) groups excluding carboxylic acids is 1. The standard InChI is InChI=1S/C11H10Br3NO/c1-6-2-8(13)11(9(14)3-6)15-5-7(12)4-10(15)16/h2-3,7H,4-5H2,1H3. The predicted molar refractivity (Wildman–Crippen MR) is 76.3 cm³/mol. The molecule has 1 aromatic carbocycles. The summed E-state index contributed by atoms with van der Waals surface area (Å²) < 4.78 is 1.91. The molecule has 0 N–H and O–H groups in total. The van der Waals surface area contributed by atoms with Crippen molar-refractivity contribution in [2.24, 2.45) is 0 Å². The first-order valence-electron chi connectivity index (χ1n) is 4.89. The van der Waals surface area contributed by atoms with Gasteiger partial charge in [0, 0.05) is 26.7 Å². The summed E-state index contributed by atoms with van der Waals surface area (Å²) in [5.41, 5.74) is 2.09. The molecule has 0 aliphatic carbocycles. The number of hydrogen-bond donors (Lipinski definition) is 0. The highest BCUT2D eigenvalue weighted by molar-refractivity contribution is 9.11. The normalized spacial score (nSPS) is 20.6. The van der Waals surface area contributed by atoms with Gasteiger partial charge >= 0.3 is 0 Å². The average molecular weight is 412 g/mol. The van der Waals surface area contributed by atoms with Crippen LogP contribution in [0.25, 0.3) is 0 Å². The minimum absolute atomic E-state index is 0.159. The molecule has 1 amide bonds. The number of hydrogen-bond acceptors (Lipinski definition) is 1. The summed E-state index contributed by atoms with van der Waals surface area (Å²) in [6.07, 6.45) is 0.562. The van der Waals surface area contributed by atoms with Gasteiger partial charge in [-0.1, -0.05) is 15.9 Å². The Morgan fingerprint density at radius 2 is 1.88 bits per heavy atom. The number of halogens is 3. The van der Waals surface area contributed by atoms with E-state index in [1.807, 2.05) is 24.0 Å². The zero-order valence-electron chi connectivity index (χ0n) is 8.64. The molecule has 1 unspecified atom stereocenters. The van der Waals surface area contributed by atoms with E-state index in [2.05, 4.69) is 47.8 Å². The van der Waals surface area contributed by atoms with Gasteiger partial charge < -0.3 is 4.90 Å². The van der Waals surface area contributed by atoms with Gasteiger partial charge in [-0.2, -0.15) is 0 Å². The van der Waals surface area contributed by atoms with Gasteiger partial charge in [0.05, 0.1) is 5.69 Å². The van der Waals surface area contributed by atoms with Crippen molar-refractivity contribution in [2.45, 2.75) is 18.2 Å². The van der Waals surface area contributed by atoms with Gasteiger partial charge in [0.25, 0.3) is 0 Å². The number of alkyl halides is 1. The molecule has 1 atom stereocenters. The highest BCUT2D eigenvalue weighted by Gasteiger charge is 2.31. The fraction of sp³-hybridized carbons (Fsp3) is 0.364. The molecule has 1 heterocycles. The maximum Gasteiger partial charge on any atom is 0.228 e. The van der Waals surface area contributed by atoms with E-state index in [9.17, 15) is 4.79 Å². The minimum atomic E-state index is 0.159. The smallest absolute Gasteiger partial charge is 0.228 e. The molecule has 16 heavy (non-hydrogen) atoms. The molecule has 1 fully saturated rings. The molecule has 1 aromatic rings. The van der Waals surface area contributed by atoms with Crippen molar-refractivity contribution in [3.05, 3.63) is 26.6 Å². The van der Waals surface area contributed by atoms with Crippen molar-refractivity contribution in [1.29, 1.82) is 0 Å². The predicted octanol–water partition coefficient (Wildman–Crippen LogP) is 4.02. The Balaban J connectivity index is 2.44. The molecule has 2 rings (SSSR count). The molecule has 5 heteroatoms. The van der Waals surface area contributed by atoms with E-state index in [-0.39, 0.29) is 10.7 Å². The summed E-state index contributed by atoms with van der Waals surface area (Å²) in [6.45, 7) is 2.75. The molecule has 1 aliphatic heterocycles. The second kappa shape index (κ2) is 4.78. The summed E-state index contributed by atoms with van der Waals surface area (Å²) in [6, 6.07) is 4.05. The van der Waals surface area contributed by atoms with Gasteiger partial charge in [-0.15, -0.1) is 0 Å². The number of nitrogens with zero attached hydrogens (tertiary/aromatic N) is 1. The lowest BCUT2D eigenvalue weighted by Crippen LogP contribution is -2.25. The SMILES string of the molecule is Cc1cc(Br)c(N2CC(Br)CC2=O)c(Br)c1. The van der Waals surface area contributed by atoms with E-state index >= 15 is 0 Å². The van der Waals surface area contributed by atoms with E-state index in [0.29, 0.717) is 6.42 Å². The number of aryl methyl sites for hydroxylation is 1. The molecule has 0 saturated carbocycles. The number of rotatable bonds is 1. The quantitative estimate of drug-likeness (QED) is 0.639. The van der Waals surface area contributed by atoms with E-state index in [1.54, 1.807) is 0 Å². The largest absolute Gasteiger partial charge is 0.309 e. The number of amides is 1. The third-order valence-electron chi connectivity index (χ3n) is 2.51. The Hall–Kier alpha value is 0.130. The molecule has 1 aliphatic rings. The zero-order chi connectivity index (χ0) is 11.9. The topological polar surface area (TPSA) is 20.3 Å². The first-order valence-corrected chi connectivity index (χ1v) is 7.39. The van der Waals surface area contributed by atoms with Crippen LogP contribution >= 0.6 is 47.8 Å². The maximum atomic E-state index is 11.8. The van der Waals surface area contributed by atoms with Gasteiger partial charge in [0.15, 0.2) is 0 Å². The molecule has 0 aromatic heterocycles. The van der Waals surface area contributed by atoms with Crippen molar-refractivity contribution in [3.8, 4) is 0 Å². The van der Waals surface area contributed by atoms with E-state index in [0.717, 1.165) is 26.7 Å². The Kier molecular flexibility index (Phi) is 3.76. The van der Waals surface area contributed by atoms with E-state index in [4.69, 9.17) is 0 Å². The average Bonchev–Trinajstić information content (AvgIpc) is 2.43. The molecular formula is C11H10Br3NO. The Bertz CT molecular complexity index is 424. The third kappa shape index (κ3) is 2.36. The molecule has 86 valence electrons. The zero-order valence-corrected chi connectivity index (χ0v) is 13.4. The summed E-state index contributed by atoms with van der Waals surface area (Å²) in [5.74, 6) is 0.159. The Morgan fingerprint density at radius 1 is 1.31 bits per heavy atom. The van der Waals surface area contributed by atoms with Gasteiger partial charge in [-0.05, 0) is 56.5 Å². The Morgan fingerprint density at radius 3 is 2.31 bits per heavy atom. The third-order valence-corrected chi connectivity index (χ3v) is 4.33. The summed E-state index contributed by atoms with van der Waals surface area (Å²) >= 11 is 10.5. The van der Waals surface area contributed by atoms with Crippen molar-refractivity contribution in [1.82, 2.24) is 0 Å². The van der Waals surface area contributed by atoms with Crippen LogP contribution in [0.2, 0.25) is 0 Å². The number of carbonyl (C=O) groups is 1. The van der Waals surface area contributed by atoms with Crippen molar-refractivity contribution >= 4 is 59.4 Å². The fourth-order valence-corrected chi connectivity index (χ4v) is 4.24. The van der Waals surface area contributed by atoms with Gasteiger partial charge in [0.2, 0.25) is 5.91 Å². The van der Waals surface area contributed by atoms with Crippen LogP contribution in [-0.4, -0.2) is 17.3 Å². The molecule has 2 nitrogen and oxygen atoms in total. The second-order valence-electron chi connectivity index (χ2n) is 3.88. The van der Waals surface area contributed by atoms with Crippen LogP contribution < -0.4 is 4.90 Å². The van der Waals surface area contributed by atoms with Crippen molar-refractivity contribution in [3.63, 3.8) is 0 Å². The monoisotopic (exact) mass is 409 g/mol. The van der Waals surface area contributed by atoms with Gasteiger partial charge in [-0.3, -0.25) is 4.79 Å². The van der Waals surface area contributed by atoms with Crippen molar-refractivity contribution in [2.75, 3.05) is 11.4 Å². The van der Waals surface area contributed by atoms with Crippen molar-refractivity contribution < 1.29 is 4.79 Å². The van der Waals surface area contributed by atoms with Crippen LogP contribution in [-0.2, 0) is 4.79 Å². The van der Waals surface area contributed by atoms with Crippen LogP contribution in [0.4, 0.5) is 5.69 Å². The maximum absolute atomic E-state index is 11.8. The number of benzene rings is 1. The highest BCUT2D eigenvalue weighted by atomic mass is 79.9. The van der Waals surface area contributed by atoms with E-state index in [1.165, 1.54) is 0 Å². The minimum Gasteiger partial charge on any atom is -0.309 e. The first kappa shape index (κ1) is 12.6. The highest BCUT2D eigenvalue weighted by Crippen LogP contribution is 2.38. The summed E-state index contributed by atoms with van der Waals surface area (Å²) in [4.78, 5) is 13.9. The second-order valence-corrected chi connectivity index (χ2v) is 6.89. The van der Waals surface area contributed by atoms with Gasteiger partial charge in [0.1, 0.15) is 0 Å². The van der Waals surface area contributed by atoms with Crippen LogP contribution in [0.3, 0.4) is 0 Å². The summed E-state index contributed by atoms with van der Waals surface area (Å²) in [5, 5.41) is 0. The van der Waals surface area contributed by atoms with Crippen LogP contribution in [0, 0.1) is 6.92 Å². The first-order chi connectivity index (χ1) is 7.49. The summed E-state index contributed by atoms with van der Waals surface area (Å²) in [7, 11) is 0. The lowest BCUT2D eigenvalue weighted by atomic mass is 10.2. The lowest BCUT2D eigenvalue weighted by molar-refractivity contribution is -0.117. The van der Waals surface area contributed by atoms with Crippen LogP contribution in [0.15, 0.2) is 21.1 Å². The molecule has 0 radical (unpaired) electrons. The molecule has 0 spiro atoms. The van der Waals surface area contributed by atoms with Crippen LogP contribution in [0.1, 0.15) is 12.0 Å². The Labute approximate surface area is 120 Å². The van der Waals surface area contributed by atoms with Gasteiger partial charge in [-0.25, -0.2) is 0 Å². The molecule has 0 bridgehead atoms.